The number of hydrogen-bond donors (Lipinski definition) is 2. The van der Waals surface area contributed by atoms with E-state index in [4.69, 9.17) is 0 Å². The van der Waals surface area contributed by atoms with Crippen LogP contribution in [0.1, 0.15) is 23.6 Å². The van der Waals surface area contributed by atoms with Crippen molar-refractivity contribution in [1.29, 1.82) is 0 Å². The van der Waals surface area contributed by atoms with Gasteiger partial charge in [-0.3, -0.25) is 4.79 Å². The number of rotatable bonds is 6. The van der Waals surface area contributed by atoms with Crippen molar-refractivity contribution in [3.05, 3.63) is 59.2 Å². The average molecular weight is 346 g/mol. The van der Waals surface area contributed by atoms with E-state index in [1.54, 1.807) is 12.1 Å². The van der Waals surface area contributed by atoms with Crippen molar-refractivity contribution in [2.24, 2.45) is 0 Å². The molecule has 128 valence electrons. The molecular weight excluding hydrogens is 324 g/mol. The minimum atomic E-state index is -3.56. The van der Waals surface area contributed by atoms with Gasteiger partial charge in [-0.25, -0.2) is 13.1 Å². The first-order chi connectivity index (χ1) is 11.3. The van der Waals surface area contributed by atoms with E-state index < -0.39 is 10.0 Å². The van der Waals surface area contributed by atoms with Gasteiger partial charge in [-0.15, -0.1) is 0 Å². The van der Waals surface area contributed by atoms with Crippen LogP contribution in [0.2, 0.25) is 0 Å². The summed E-state index contributed by atoms with van der Waals surface area (Å²) >= 11 is 0. The van der Waals surface area contributed by atoms with Crippen LogP contribution in [0.4, 0.5) is 5.69 Å². The zero-order valence-electron chi connectivity index (χ0n) is 14.1. The van der Waals surface area contributed by atoms with Gasteiger partial charge >= 0.3 is 0 Å². The fraction of sp³-hybridized carbons (Fsp3) is 0.278. The molecule has 1 amide bonds. The van der Waals surface area contributed by atoms with Crippen molar-refractivity contribution in [3.63, 3.8) is 0 Å². The van der Waals surface area contributed by atoms with E-state index in [-0.39, 0.29) is 10.8 Å². The highest BCUT2D eigenvalue weighted by atomic mass is 32.2. The van der Waals surface area contributed by atoms with Crippen molar-refractivity contribution in [3.8, 4) is 0 Å². The van der Waals surface area contributed by atoms with Gasteiger partial charge in [0, 0.05) is 19.2 Å². The molecule has 0 aliphatic carbocycles. The van der Waals surface area contributed by atoms with E-state index in [1.165, 1.54) is 19.1 Å². The number of benzene rings is 2. The maximum Gasteiger partial charge on any atom is 0.240 e. The minimum absolute atomic E-state index is 0.178. The summed E-state index contributed by atoms with van der Waals surface area (Å²) in [5.74, 6) is -0.197. The Morgan fingerprint density at radius 2 is 1.71 bits per heavy atom. The van der Waals surface area contributed by atoms with Crippen molar-refractivity contribution in [2.45, 2.75) is 32.1 Å². The first-order valence-corrected chi connectivity index (χ1v) is 9.20. The molecule has 0 unspecified atom stereocenters. The number of nitrogens with one attached hydrogen (secondary N) is 2. The number of anilines is 1. The van der Waals surface area contributed by atoms with Gasteiger partial charge in [0.25, 0.3) is 0 Å². The van der Waals surface area contributed by atoms with Crippen LogP contribution in [-0.2, 0) is 21.2 Å². The Balaban J connectivity index is 2.00. The van der Waals surface area contributed by atoms with Crippen LogP contribution in [0, 0.1) is 13.8 Å². The van der Waals surface area contributed by atoms with Gasteiger partial charge in [-0.1, -0.05) is 23.8 Å². The quantitative estimate of drug-likeness (QED) is 0.844. The highest BCUT2D eigenvalue weighted by Gasteiger charge is 2.13. The SMILES string of the molecule is CC(=O)Nc1ccc(S(=O)(=O)NCCc2cc(C)ccc2C)cc1. The molecule has 0 aliphatic rings. The normalized spacial score (nSPS) is 11.3. The molecule has 0 bridgehead atoms. The molecule has 24 heavy (non-hydrogen) atoms. The fourth-order valence-electron chi connectivity index (χ4n) is 2.39. The van der Waals surface area contributed by atoms with Crippen LogP contribution in [0.5, 0.6) is 0 Å². The molecule has 0 atom stereocenters. The molecule has 2 aromatic carbocycles. The van der Waals surface area contributed by atoms with Crippen molar-refractivity contribution < 1.29 is 13.2 Å². The monoisotopic (exact) mass is 346 g/mol. The van der Waals surface area contributed by atoms with Crippen molar-refractivity contribution in [2.75, 3.05) is 11.9 Å². The number of hydrogen-bond acceptors (Lipinski definition) is 3. The lowest BCUT2D eigenvalue weighted by Gasteiger charge is -2.10. The van der Waals surface area contributed by atoms with Gasteiger partial charge < -0.3 is 5.32 Å². The van der Waals surface area contributed by atoms with Crippen LogP contribution in [0.15, 0.2) is 47.4 Å². The molecule has 2 rings (SSSR count). The Labute approximate surface area is 143 Å². The summed E-state index contributed by atoms with van der Waals surface area (Å²) in [6.07, 6.45) is 0.636. The lowest BCUT2D eigenvalue weighted by molar-refractivity contribution is -0.114. The Morgan fingerprint density at radius 1 is 1.04 bits per heavy atom. The van der Waals surface area contributed by atoms with Crippen LogP contribution in [0.25, 0.3) is 0 Å². The van der Waals surface area contributed by atoms with Crippen LogP contribution < -0.4 is 10.0 Å². The van der Waals surface area contributed by atoms with Crippen LogP contribution in [0.3, 0.4) is 0 Å². The number of amides is 1. The summed E-state index contributed by atoms with van der Waals surface area (Å²) in [6.45, 7) is 5.77. The summed E-state index contributed by atoms with van der Waals surface area (Å²) in [7, 11) is -3.56. The third-order valence-electron chi connectivity index (χ3n) is 3.68. The number of aryl methyl sites for hydroxylation is 2. The minimum Gasteiger partial charge on any atom is -0.326 e. The predicted molar refractivity (Wildman–Crippen MR) is 95.6 cm³/mol. The molecule has 0 heterocycles. The Kier molecular flexibility index (Phi) is 5.75. The zero-order valence-corrected chi connectivity index (χ0v) is 14.9. The molecule has 2 aromatic rings. The highest BCUT2D eigenvalue weighted by molar-refractivity contribution is 7.89. The van der Waals surface area contributed by atoms with E-state index in [0.717, 1.165) is 16.7 Å². The average Bonchev–Trinajstić information content (AvgIpc) is 2.50. The summed E-state index contributed by atoms with van der Waals surface area (Å²) in [5, 5.41) is 2.61. The first-order valence-electron chi connectivity index (χ1n) is 7.71. The fourth-order valence-corrected chi connectivity index (χ4v) is 3.43. The Hall–Kier alpha value is -2.18. The highest BCUT2D eigenvalue weighted by Crippen LogP contribution is 2.15. The van der Waals surface area contributed by atoms with Gasteiger partial charge in [0.2, 0.25) is 15.9 Å². The van der Waals surface area contributed by atoms with Gasteiger partial charge in [0.05, 0.1) is 4.90 Å². The van der Waals surface area contributed by atoms with Crippen molar-refractivity contribution in [1.82, 2.24) is 4.72 Å². The summed E-state index contributed by atoms with van der Waals surface area (Å²) < 4.78 is 27.2. The molecule has 2 N–H and O–H groups in total. The smallest absolute Gasteiger partial charge is 0.240 e. The second-order valence-electron chi connectivity index (χ2n) is 5.78. The first kappa shape index (κ1) is 18.2. The topological polar surface area (TPSA) is 75.3 Å². The lowest BCUT2D eigenvalue weighted by atomic mass is 10.0. The van der Waals surface area contributed by atoms with Gasteiger partial charge in [0.1, 0.15) is 0 Å². The predicted octanol–water partition coefficient (Wildman–Crippen LogP) is 2.78. The van der Waals surface area contributed by atoms with Gasteiger partial charge in [-0.2, -0.15) is 0 Å². The molecule has 0 radical (unpaired) electrons. The summed E-state index contributed by atoms with van der Waals surface area (Å²) in [5.41, 5.74) is 4.02. The van der Waals surface area contributed by atoms with E-state index >= 15 is 0 Å². The van der Waals surface area contributed by atoms with E-state index in [0.29, 0.717) is 18.7 Å². The standard InChI is InChI=1S/C18H22N2O3S/c1-13-4-5-14(2)16(12-13)10-11-19-24(22,23)18-8-6-17(7-9-18)20-15(3)21/h4-9,12,19H,10-11H2,1-3H3,(H,20,21). The van der Waals surface area contributed by atoms with Crippen LogP contribution >= 0.6 is 0 Å². The van der Waals surface area contributed by atoms with Crippen LogP contribution in [-0.4, -0.2) is 20.9 Å². The largest absolute Gasteiger partial charge is 0.326 e. The van der Waals surface area contributed by atoms with Gasteiger partial charge in [0.15, 0.2) is 0 Å². The van der Waals surface area contributed by atoms with E-state index in [2.05, 4.69) is 16.1 Å². The molecule has 0 aromatic heterocycles. The molecule has 0 aliphatic heterocycles. The summed E-state index contributed by atoms with van der Waals surface area (Å²) in [6, 6.07) is 12.3. The maximum absolute atomic E-state index is 12.3. The number of carbonyl (C=O) groups is 1. The number of sulfonamides is 1. The van der Waals surface area contributed by atoms with Gasteiger partial charge in [-0.05, 0) is 55.7 Å². The Morgan fingerprint density at radius 3 is 2.33 bits per heavy atom. The van der Waals surface area contributed by atoms with E-state index in [1.807, 2.05) is 26.0 Å². The zero-order chi connectivity index (χ0) is 17.7. The maximum atomic E-state index is 12.3. The number of carbonyl (C=O) groups excluding carboxylic acids is 1. The second kappa shape index (κ2) is 7.59. The molecule has 5 nitrogen and oxygen atoms in total. The molecule has 0 spiro atoms. The van der Waals surface area contributed by atoms with E-state index in [9.17, 15) is 13.2 Å². The molecule has 0 saturated heterocycles. The lowest BCUT2D eigenvalue weighted by Crippen LogP contribution is -2.26. The molecular formula is C18H22N2O3S. The molecule has 6 heteroatoms. The Bertz CT molecular complexity index is 828. The third-order valence-corrected chi connectivity index (χ3v) is 5.15. The third kappa shape index (κ3) is 4.91. The molecule has 0 saturated carbocycles. The molecule has 0 fully saturated rings. The summed E-state index contributed by atoms with van der Waals surface area (Å²) in [4.78, 5) is 11.2. The van der Waals surface area contributed by atoms with Crippen molar-refractivity contribution >= 4 is 21.6 Å². The second-order valence-corrected chi connectivity index (χ2v) is 7.55.